The summed E-state index contributed by atoms with van der Waals surface area (Å²) in [7, 11) is 0.669. The largest absolute Gasteiger partial charge is 0.429 e. The molecule has 0 amide bonds. The Labute approximate surface area is 176 Å². The van der Waals surface area contributed by atoms with Crippen molar-refractivity contribution >= 4 is 12.9 Å². The summed E-state index contributed by atoms with van der Waals surface area (Å²) >= 11 is 0. The fourth-order valence-electron chi connectivity index (χ4n) is 5.08. The number of allylic oxidation sites excluding steroid dienone is 4. The van der Waals surface area contributed by atoms with E-state index in [9.17, 15) is 0 Å². The zero-order chi connectivity index (χ0) is 20.4. The van der Waals surface area contributed by atoms with E-state index in [-0.39, 0.29) is 11.0 Å². The van der Waals surface area contributed by atoms with Gasteiger partial charge in [-0.05, 0) is 59.9 Å². The molecule has 2 heteroatoms. The molecule has 0 saturated carbocycles. The van der Waals surface area contributed by atoms with Crippen LogP contribution < -0.4 is 5.46 Å². The SMILES string of the molecule is CC(C)(C)C(C)(C)OBc1ccc2c(c1)C1C3=C(C=CCC3)C2c2ccccc21. The van der Waals surface area contributed by atoms with Crippen molar-refractivity contribution in [1.29, 1.82) is 0 Å². The van der Waals surface area contributed by atoms with E-state index in [1.807, 2.05) is 0 Å². The van der Waals surface area contributed by atoms with Crippen LogP contribution in [0.25, 0.3) is 0 Å². The molecule has 0 N–H and O–H groups in total. The van der Waals surface area contributed by atoms with Gasteiger partial charge in [0.1, 0.15) is 0 Å². The molecule has 0 heterocycles. The zero-order valence-corrected chi connectivity index (χ0v) is 18.4. The van der Waals surface area contributed by atoms with Crippen LogP contribution >= 0.6 is 0 Å². The van der Waals surface area contributed by atoms with Crippen molar-refractivity contribution in [2.45, 2.75) is 64.9 Å². The highest BCUT2D eigenvalue weighted by Crippen LogP contribution is 2.57. The van der Waals surface area contributed by atoms with E-state index in [4.69, 9.17) is 4.65 Å². The standard InChI is InChI=1S/C27H31BO/c1-26(2,3)27(4,5)29-28-17-14-15-22-23(16-17)25-20-12-8-6-10-18(20)24(22)19-11-7-9-13-21(19)25/h6-8,10-12,14-16,24-25,28H,9,13H2,1-5H3. The molecular weight excluding hydrogens is 351 g/mol. The van der Waals surface area contributed by atoms with E-state index in [1.54, 1.807) is 11.1 Å². The number of benzene rings is 2. The van der Waals surface area contributed by atoms with Gasteiger partial charge in [0.2, 0.25) is 0 Å². The Balaban J connectivity index is 1.54. The first kappa shape index (κ1) is 18.9. The third kappa shape index (κ3) is 2.87. The summed E-state index contributed by atoms with van der Waals surface area (Å²) in [6.45, 7) is 11.2. The summed E-state index contributed by atoms with van der Waals surface area (Å²) in [6.07, 6.45) is 7.12. The molecule has 0 fully saturated rings. The molecule has 0 saturated heterocycles. The van der Waals surface area contributed by atoms with Gasteiger partial charge in [0.15, 0.2) is 0 Å². The van der Waals surface area contributed by atoms with Crippen LogP contribution in [0.3, 0.4) is 0 Å². The van der Waals surface area contributed by atoms with Crippen LogP contribution in [0.15, 0.2) is 65.8 Å². The Kier molecular flexibility index (Phi) is 4.23. The second-order valence-corrected chi connectivity index (χ2v) is 10.4. The third-order valence-electron chi connectivity index (χ3n) is 7.71. The fourth-order valence-corrected chi connectivity index (χ4v) is 5.08. The maximum atomic E-state index is 6.40. The molecule has 6 rings (SSSR count). The Bertz CT molecular complexity index is 1030. The smallest absolute Gasteiger partial charge is 0.309 e. The molecule has 148 valence electrons. The van der Waals surface area contributed by atoms with Gasteiger partial charge in [-0.3, -0.25) is 0 Å². The van der Waals surface area contributed by atoms with Crippen LogP contribution in [0.5, 0.6) is 0 Å². The quantitative estimate of drug-likeness (QED) is 0.615. The average molecular weight is 382 g/mol. The molecule has 0 aliphatic heterocycles. The highest BCUT2D eigenvalue weighted by Gasteiger charge is 2.42. The Hall–Kier alpha value is -2.06. The summed E-state index contributed by atoms with van der Waals surface area (Å²) in [5, 5.41) is 0. The lowest BCUT2D eigenvalue weighted by Gasteiger charge is -2.44. The molecule has 2 unspecified atom stereocenters. The maximum Gasteiger partial charge on any atom is 0.309 e. The van der Waals surface area contributed by atoms with Crippen molar-refractivity contribution in [2.24, 2.45) is 5.41 Å². The molecule has 2 aromatic rings. The zero-order valence-electron chi connectivity index (χ0n) is 18.4. The second kappa shape index (κ2) is 6.47. The van der Waals surface area contributed by atoms with Gasteiger partial charge in [-0.1, -0.05) is 86.4 Å². The lowest BCUT2D eigenvalue weighted by atomic mass is 9.59. The van der Waals surface area contributed by atoms with Crippen molar-refractivity contribution in [1.82, 2.24) is 0 Å². The Morgan fingerprint density at radius 3 is 2.28 bits per heavy atom. The summed E-state index contributed by atoms with van der Waals surface area (Å²) < 4.78 is 6.40. The first-order valence-corrected chi connectivity index (χ1v) is 11.0. The molecule has 1 nitrogen and oxygen atoms in total. The summed E-state index contributed by atoms with van der Waals surface area (Å²) in [6, 6.07) is 16.2. The van der Waals surface area contributed by atoms with Gasteiger partial charge in [0.25, 0.3) is 0 Å². The summed E-state index contributed by atoms with van der Waals surface area (Å²) in [5.74, 6) is 0.820. The molecule has 2 aromatic carbocycles. The van der Waals surface area contributed by atoms with Gasteiger partial charge >= 0.3 is 7.48 Å². The predicted molar refractivity (Wildman–Crippen MR) is 123 cm³/mol. The minimum Gasteiger partial charge on any atom is -0.429 e. The van der Waals surface area contributed by atoms with Crippen molar-refractivity contribution in [3.63, 3.8) is 0 Å². The molecule has 2 atom stereocenters. The van der Waals surface area contributed by atoms with Crippen LogP contribution in [-0.4, -0.2) is 13.1 Å². The normalized spacial score (nSPS) is 22.2. The van der Waals surface area contributed by atoms with Crippen molar-refractivity contribution in [2.75, 3.05) is 0 Å². The van der Waals surface area contributed by atoms with Gasteiger partial charge in [-0.15, -0.1) is 0 Å². The van der Waals surface area contributed by atoms with E-state index in [2.05, 4.69) is 89.2 Å². The Morgan fingerprint density at radius 1 is 0.862 bits per heavy atom. The van der Waals surface area contributed by atoms with Crippen LogP contribution in [0.1, 0.15) is 81.5 Å². The maximum absolute atomic E-state index is 6.40. The minimum absolute atomic E-state index is 0.105. The summed E-state index contributed by atoms with van der Waals surface area (Å²) in [4.78, 5) is 0. The molecule has 2 bridgehead atoms. The fraction of sp³-hybridized carbons (Fsp3) is 0.407. The number of hydrogen-bond acceptors (Lipinski definition) is 1. The van der Waals surface area contributed by atoms with Crippen LogP contribution in [0.4, 0.5) is 0 Å². The second-order valence-electron chi connectivity index (χ2n) is 10.4. The molecule has 0 radical (unpaired) electrons. The van der Waals surface area contributed by atoms with E-state index >= 15 is 0 Å². The van der Waals surface area contributed by atoms with Crippen molar-refractivity contribution in [3.8, 4) is 0 Å². The highest BCUT2D eigenvalue weighted by atomic mass is 16.5. The van der Waals surface area contributed by atoms with Crippen LogP contribution in [0, 0.1) is 5.41 Å². The van der Waals surface area contributed by atoms with Gasteiger partial charge < -0.3 is 4.65 Å². The molecule has 29 heavy (non-hydrogen) atoms. The molecule has 0 aromatic heterocycles. The average Bonchev–Trinajstić information content (AvgIpc) is 2.71. The number of rotatable bonds is 3. The lowest BCUT2D eigenvalue weighted by Crippen LogP contribution is -2.42. The van der Waals surface area contributed by atoms with Gasteiger partial charge in [-0.25, -0.2) is 0 Å². The topological polar surface area (TPSA) is 9.23 Å². The first-order valence-electron chi connectivity index (χ1n) is 11.0. The van der Waals surface area contributed by atoms with E-state index in [1.165, 1.54) is 40.6 Å². The van der Waals surface area contributed by atoms with Crippen molar-refractivity contribution < 1.29 is 4.65 Å². The van der Waals surface area contributed by atoms with E-state index < -0.39 is 0 Å². The molecule has 0 spiro atoms. The first-order chi connectivity index (χ1) is 13.8. The summed E-state index contributed by atoms with van der Waals surface area (Å²) in [5.41, 5.74) is 10.5. The van der Waals surface area contributed by atoms with Crippen molar-refractivity contribution in [3.05, 3.63) is 88.0 Å². The lowest BCUT2D eigenvalue weighted by molar-refractivity contribution is 0.00504. The van der Waals surface area contributed by atoms with Crippen LogP contribution in [-0.2, 0) is 4.65 Å². The number of hydrogen-bond donors (Lipinski definition) is 0. The predicted octanol–water partition coefficient (Wildman–Crippen LogP) is 5.74. The van der Waals surface area contributed by atoms with E-state index in [0.717, 1.165) is 0 Å². The molecule has 4 aliphatic carbocycles. The van der Waals surface area contributed by atoms with E-state index in [0.29, 0.717) is 19.3 Å². The van der Waals surface area contributed by atoms with Gasteiger partial charge in [-0.2, -0.15) is 0 Å². The van der Waals surface area contributed by atoms with Gasteiger partial charge in [0.05, 0.1) is 5.60 Å². The minimum atomic E-state index is -0.168. The monoisotopic (exact) mass is 382 g/mol. The van der Waals surface area contributed by atoms with Crippen LogP contribution in [0.2, 0.25) is 0 Å². The third-order valence-corrected chi connectivity index (χ3v) is 7.71. The molecular formula is C27H31BO. The highest BCUT2D eigenvalue weighted by molar-refractivity contribution is 6.47. The van der Waals surface area contributed by atoms with Gasteiger partial charge in [0, 0.05) is 11.8 Å². The molecule has 4 aliphatic rings. The Morgan fingerprint density at radius 2 is 1.55 bits per heavy atom.